The summed E-state index contributed by atoms with van der Waals surface area (Å²) in [6, 6.07) is 0. The molecule has 2 N–H and O–H groups in total. The lowest BCUT2D eigenvalue weighted by Gasteiger charge is -2.24. The predicted molar refractivity (Wildman–Crippen MR) is 173 cm³/mol. The summed E-state index contributed by atoms with van der Waals surface area (Å²) in [5.74, 6) is -0.367. The highest BCUT2D eigenvalue weighted by Crippen LogP contribution is 2.43. The molecule has 1 unspecified atom stereocenters. The van der Waals surface area contributed by atoms with Crippen LogP contribution < -0.4 is 0 Å². The molecule has 252 valence electrons. The van der Waals surface area contributed by atoms with Crippen LogP contribution in [0, 0.1) is 0 Å². The van der Waals surface area contributed by atoms with Crippen LogP contribution in [0.5, 0.6) is 0 Å². The minimum absolute atomic E-state index is 0.0574. The average molecular weight is 623 g/mol. The Balaban J connectivity index is 3.40. The van der Waals surface area contributed by atoms with E-state index in [1.54, 1.807) is 0 Å². The van der Waals surface area contributed by atoms with E-state index in [1.165, 1.54) is 122 Å². The van der Waals surface area contributed by atoms with Crippen molar-refractivity contribution in [3.63, 3.8) is 0 Å². The third-order valence-electron chi connectivity index (χ3n) is 7.62. The summed E-state index contributed by atoms with van der Waals surface area (Å²) in [6.45, 7) is 2.17. The Morgan fingerprint density at radius 3 is 1.40 bits per heavy atom. The summed E-state index contributed by atoms with van der Waals surface area (Å²) in [4.78, 5) is 21.6. The number of rotatable bonds is 32. The summed E-state index contributed by atoms with van der Waals surface area (Å²) in [5, 5.41) is 9.87. The van der Waals surface area contributed by atoms with Gasteiger partial charge in [-0.05, 0) is 6.42 Å². The minimum Gasteiger partial charge on any atom is -0.463 e. The SMILES string of the molecule is CCCCCCCCCCCCCCCCCCCCCCCCC(=O)OC[C@@H](O)COP(=O)(O)OCC[N+](C)(C)C. The molecule has 0 radical (unpaired) electrons. The lowest BCUT2D eigenvalue weighted by atomic mass is 10.0. The molecular formula is C33H69NO7P+. The van der Waals surface area contributed by atoms with E-state index in [4.69, 9.17) is 13.8 Å². The molecule has 0 aromatic carbocycles. The molecule has 0 aliphatic rings. The molecule has 2 atom stereocenters. The number of aliphatic hydroxyl groups excluding tert-OH is 1. The van der Waals surface area contributed by atoms with Gasteiger partial charge in [-0.2, -0.15) is 0 Å². The summed E-state index contributed by atoms with van der Waals surface area (Å²) in [7, 11) is 1.57. The van der Waals surface area contributed by atoms with Crippen LogP contribution in [0.4, 0.5) is 0 Å². The Kier molecular flexibility index (Phi) is 27.7. The number of hydrogen-bond donors (Lipinski definition) is 2. The summed E-state index contributed by atoms with van der Waals surface area (Å²) < 4.78 is 27.2. The molecule has 0 saturated heterocycles. The van der Waals surface area contributed by atoms with E-state index < -0.39 is 20.5 Å². The molecule has 0 heterocycles. The number of carbonyl (C=O) groups is 1. The van der Waals surface area contributed by atoms with Crippen molar-refractivity contribution in [2.45, 2.75) is 161 Å². The molecule has 0 spiro atoms. The third kappa shape index (κ3) is 32.4. The lowest BCUT2D eigenvalue weighted by molar-refractivity contribution is -0.870. The van der Waals surface area contributed by atoms with Gasteiger partial charge in [0.15, 0.2) is 0 Å². The number of ether oxygens (including phenoxy) is 1. The Hall–Kier alpha value is -0.500. The van der Waals surface area contributed by atoms with E-state index in [0.717, 1.165) is 19.3 Å². The predicted octanol–water partition coefficient (Wildman–Crippen LogP) is 8.72. The standard InChI is InChI=1S/C33H68NO7P/c1-5-6-7-8-9-10-11-12-13-14-15-16-17-18-19-20-21-22-23-24-25-26-27-33(36)39-30-32(35)31-41-42(37,38)40-29-28-34(2,3)4/h32,35H,5-31H2,1-4H3/p+1/t32-/m1/s1. The van der Waals surface area contributed by atoms with E-state index >= 15 is 0 Å². The van der Waals surface area contributed by atoms with E-state index in [9.17, 15) is 19.4 Å². The maximum Gasteiger partial charge on any atom is 0.472 e. The molecule has 0 rings (SSSR count). The van der Waals surface area contributed by atoms with Crippen LogP contribution in [0.2, 0.25) is 0 Å². The summed E-state index contributed by atoms with van der Waals surface area (Å²) >= 11 is 0. The molecule has 0 aliphatic heterocycles. The number of carbonyl (C=O) groups excluding carboxylic acids is 1. The van der Waals surface area contributed by atoms with Crippen molar-refractivity contribution in [3.8, 4) is 0 Å². The van der Waals surface area contributed by atoms with Gasteiger partial charge in [0.1, 0.15) is 25.9 Å². The van der Waals surface area contributed by atoms with Gasteiger partial charge in [-0.15, -0.1) is 0 Å². The van der Waals surface area contributed by atoms with Gasteiger partial charge in [0, 0.05) is 6.42 Å². The molecule has 9 heteroatoms. The first-order valence-electron chi connectivity index (χ1n) is 17.3. The molecule has 0 bridgehead atoms. The summed E-state index contributed by atoms with van der Waals surface area (Å²) in [6.07, 6.45) is 28.3. The molecule has 0 aliphatic carbocycles. The van der Waals surface area contributed by atoms with Gasteiger partial charge in [-0.25, -0.2) is 4.57 Å². The number of phosphoric ester groups is 1. The largest absolute Gasteiger partial charge is 0.472 e. The Morgan fingerprint density at radius 2 is 1.02 bits per heavy atom. The molecule has 0 aromatic heterocycles. The highest BCUT2D eigenvalue weighted by molar-refractivity contribution is 7.47. The second-order valence-corrected chi connectivity index (χ2v) is 14.6. The Bertz CT molecular complexity index is 657. The fraction of sp³-hybridized carbons (Fsp3) is 0.970. The zero-order valence-electron chi connectivity index (χ0n) is 28.0. The van der Waals surface area contributed by atoms with Gasteiger partial charge in [-0.1, -0.05) is 142 Å². The van der Waals surface area contributed by atoms with Crippen molar-refractivity contribution < 1.29 is 37.6 Å². The van der Waals surface area contributed by atoms with Crippen molar-refractivity contribution in [2.75, 3.05) is 47.5 Å². The van der Waals surface area contributed by atoms with Crippen LogP contribution in [-0.2, 0) is 23.1 Å². The maximum atomic E-state index is 11.9. The lowest BCUT2D eigenvalue weighted by Crippen LogP contribution is -2.37. The molecule has 0 aromatic rings. The first-order chi connectivity index (χ1) is 20.1. The Labute approximate surface area is 259 Å². The highest BCUT2D eigenvalue weighted by Gasteiger charge is 2.24. The molecule has 8 nitrogen and oxygen atoms in total. The number of hydrogen-bond acceptors (Lipinski definition) is 6. The third-order valence-corrected chi connectivity index (χ3v) is 8.60. The van der Waals surface area contributed by atoms with Crippen molar-refractivity contribution in [3.05, 3.63) is 0 Å². The van der Waals surface area contributed by atoms with Gasteiger partial charge in [-0.3, -0.25) is 13.8 Å². The second kappa shape index (κ2) is 28.0. The van der Waals surface area contributed by atoms with E-state index in [-0.39, 0.29) is 19.2 Å². The zero-order valence-corrected chi connectivity index (χ0v) is 28.9. The van der Waals surface area contributed by atoms with Gasteiger partial charge < -0.3 is 19.2 Å². The molecular weight excluding hydrogens is 553 g/mol. The molecule has 0 amide bonds. The molecule has 0 fully saturated rings. The number of phosphoric acid groups is 1. The van der Waals surface area contributed by atoms with Crippen molar-refractivity contribution >= 4 is 13.8 Å². The number of aliphatic hydroxyl groups is 1. The van der Waals surface area contributed by atoms with Crippen LogP contribution in [0.15, 0.2) is 0 Å². The van der Waals surface area contributed by atoms with E-state index in [0.29, 0.717) is 17.4 Å². The Morgan fingerprint density at radius 1 is 0.643 bits per heavy atom. The fourth-order valence-corrected chi connectivity index (χ4v) is 5.58. The quantitative estimate of drug-likeness (QED) is 0.0335. The smallest absolute Gasteiger partial charge is 0.463 e. The topological polar surface area (TPSA) is 102 Å². The average Bonchev–Trinajstić information content (AvgIpc) is 2.92. The number of quaternary nitrogens is 1. The van der Waals surface area contributed by atoms with E-state index in [1.807, 2.05) is 21.1 Å². The monoisotopic (exact) mass is 622 g/mol. The van der Waals surface area contributed by atoms with Crippen LogP contribution in [0.25, 0.3) is 0 Å². The van der Waals surface area contributed by atoms with Crippen molar-refractivity contribution in [1.82, 2.24) is 0 Å². The highest BCUT2D eigenvalue weighted by atomic mass is 31.2. The van der Waals surface area contributed by atoms with Gasteiger partial charge in [0.25, 0.3) is 0 Å². The number of nitrogens with zero attached hydrogens (tertiary/aromatic N) is 1. The van der Waals surface area contributed by atoms with Crippen LogP contribution in [0.3, 0.4) is 0 Å². The fourth-order valence-electron chi connectivity index (χ4n) is 4.84. The minimum atomic E-state index is -4.24. The van der Waals surface area contributed by atoms with Gasteiger partial charge in [0.2, 0.25) is 0 Å². The van der Waals surface area contributed by atoms with Gasteiger partial charge >= 0.3 is 13.8 Å². The van der Waals surface area contributed by atoms with Crippen molar-refractivity contribution in [1.29, 1.82) is 0 Å². The van der Waals surface area contributed by atoms with E-state index in [2.05, 4.69) is 6.92 Å². The summed E-state index contributed by atoms with van der Waals surface area (Å²) in [5.41, 5.74) is 0. The first-order valence-corrected chi connectivity index (χ1v) is 18.8. The van der Waals surface area contributed by atoms with Crippen LogP contribution >= 0.6 is 7.82 Å². The number of likely N-dealkylation sites (N-methyl/N-ethyl adjacent to an activating group) is 1. The number of unbranched alkanes of at least 4 members (excludes halogenated alkanes) is 21. The second-order valence-electron chi connectivity index (χ2n) is 13.1. The van der Waals surface area contributed by atoms with Crippen LogP contribution in [0.1, 0.15) is 155 Å². The zero-order chi connectivity index (χ0) is 31.4. The number of esters is 1. The van der Waals surface area contributed by atoms with Gasteiger partial charge in [0.05, 0.1) is 27.7 Å². The molecule has 0 saturated carbocycles. The maximum absolute atomic E-state index is 11.9. The van der Waals surface area contributed by atoms with Crippen molar-refractivity contribution in [2.24, 2.45) is 0 Å². The first kappa shape index (κ1) is 41.5. The molecule has 42 heavy (non-hydrogen) atoms. The normalized spacial score (nSPS) is 14.1. The van der Waals surface area contributed by atoms with Crippen LogP contribution in [-0.4, -0.2) is 74.1 Å².